The van der Waals surface area contributed by atoms with Crippen LogP contribution in [0.4, 0.5) is 30.4 Å². The number of nitrogens with one attached hydrogen (secondary N) is 3. The van der Waals surface area contributed by atoms with Crippen LogP contribution in [-0.4, -0.2) is 73.2 Å². The molecule has 0 amide bonds. The molecular weight excluding hydrogens is 565 g/mol. The van der Waals surface area contributed by atoms with Crippen molar-refractivity contribution in [2.75, 3.05) is 61.6 Å². The van der Waals surface area contributed by atoms with E-state index in [0.717, 1.165) is 98.6 Å². The molecule has 0 bridgehead atoms. The minimum Gasteiger partial charge on any atom is -0.382 e. The van der Waals surface area contributed by atoms with Gasteiger partial charge in [0.05, 0.1) is 5.52 Å². The van der Waals surface area contributed by atoms with Gasteiger partial charge in [0.15, 0.2) is 5.82 Å². The summed E-state index contributed by atoms with van der Waals surface area (Å²) >= 11 is 0. The Morgan fingerprint density at radius 3 is 2.52 bits per heavy atom. The van der Waals surface area contributed by atoms with E-state index in [1.807, 2.05) is 0 Å². The molecule has 3 N–H and O–H groups in total. The first-order chi connectivity index (χ1) is 21.6. The van der Waals surface area contributed by atoms with E-state index in [2.05, 4.69) is 48.8 Å². The minimum atomic E-state index is -0.924. The molecule has 232 valence electrons. The maximum absolute atomic E-state index is 14.6. The number of rotatable bonds is 10. The quantitative estimate of drug-likeness (QED) is 0.194. The summed E-state index contributed by atoms with van der Waals surface area (Å²) in [4.78, 5) is 5.11. The summed E-state index contributed by atoms with van der Waals surface area (Å²) in [7, 11) is 0. The Hall–Kier alpha value is -3.76. The number of aromatic amines is 1. The average molecular weight is 605 g/mol. The van der Waals surface area contributed by atoms with Crippen LogP contribution in [0, 0.1) is 11.6 Å². The molecule has 3 fully saturated rings. The third kappa shape index (κ3) is 6.23. The zero-order chi connectivity index (χ0) is 30.0. The van der Waals surface area contributed by atoms with Crippen LogP contribution in [0.15, 0.2) is 54.6 Å². The van der Waals surface area contributed by atoms with E-state index in [4.69, 9.17) is 4.74 Å². The highest BCUT2D eigenvalue weighted by molar-refractivity contribution is 5.90. The number of hydrogen-bond donors (Lipinski definition) is 3. The Balaban J connectivity index is 1.12. The van der Waals surface area contributed by atoms with Crippen LogP contribution >= 0.6 is 0 Å². The first-order valence-corrected chi connectivity index (χ1v) is 15.7. The number of piperazine rings is 1. The van der Waals surface area contributed by atoms with Crippen LogP contribution in [0.3, 0.4) is 0 Å². The normalized spacial score (nSPS) is 18.9. The topological polar surface area (TPSA) is 68.5 Å². The third-order valence-corrected chi connectivity index (χ3v) is 9.34. The lowest BCUT2D eigenvalue weighted by Crippen LogP contribution is -2.47. The maximum atomic E-state index is 14.6. The molecule has 1 aromatic heterocycles. The molecule has 3 heterocycles. The van der Waals surface area contributed by atoms with E-state index < -0.39 is 24.2 Å². The zero-order valence-corrected chi connectivity index (χ0v) is 24.8. The van der Waals surface area contributed by atoms with Gasteiger partial charge in [-0.1, -0.05) is 12.1 Å². The smallest absolute Gasteiger partial charge is 0.156 e. The van der Waals surface area contributed by atoms with Crippen LogP contribution < -0.4 is 15.5 Å². The van der Waals surface area contributed by atoms with Crippen LogP contribution in [0.25, 0.3) is 10.9 Å². The summed E-state index contributed by atoms with van der Waals surface area (Å²) in [5.74, 6) is -1.52. The molecule has 10 heteroatoms. The first kappa shape index (κ1) is 29.0. The summed E-state index contributed by atoms with van der Waals surface area (Å²) in [6.45, 7) is 5.48. The zero-order valence-electron chi connectivity index (χ0n) is 24.8. The molecule has 1 unspecified atom stereocenters. The molecule has 2 saturated heterocycles. The Bertz CT molecular complexity index is 1590. The van der Waals surface area contributed by atoms with E-state index in [9.17, 15) is 13.2 Å². The molecule has 1 saturated carbocycles. The van der Waals surface area contributed by atoms with E-state index >= 15 is 0 Å². The molecule has 2 aliphatic heterocycles. The average Bonchev–Trinajstić information content (AvgIpc) is 3.83. The van der Waals surface area contributed by atoms with Gasteiger partial charge in [-0.25, -0.2) is 8.78 Å². The fourth-order valence-corrected chi connectivity index (χ4v) is 6.59. The fraction of sp³-hybridized carbons (Fsp3) is 0.441. The number of halogens is 3. The number of alkyl halides is 1. The Kier molecular flexibility index (Phi) is 8.36. The SMILES string of the molecule is FCC(c1ccc2[nH]nc(NCc3ccc(N4CCN(C5CC5)CC4)cc3NC3CCOCC3)c2c1)c1cc(F)ccc1F. The van der Waals surface area contributed by atoms with Gasteiger partial charge in [-0.05, 0) is 79.3 Å². The summed E-state index contributed by atoms with van der Waals surface area (Å²) in [6.07, 6.45) is 4.61. The summed E-state index contributed by atoms with van der Waals surface area (Å²) in [5.41, 5.74) is 4.79. The highest BCUT2D eigenvalue weighted by Crippen LogP contribution is 2.34. The van der Waals surface area contributed by atoms with Gasteiger partial charge < -0.3 is 20.3 Å². The van der Waals surface area contributed by atoms with Crippen molar-refractivity contribution in [3.8, 4) is 0 Å². The van der Waals surface area contributed by atoms with Crippen LogP contribution in [-0.2, 0) is 11.3 Å². The second-order valence-electron chi connectivity index (χ2n) is 12.2. The second kappa shape index (κ2) is 12.7. The molecule has 7 nitrogen and oxygen atoms in total. The third-order valence-electron chi connectivity index (χ3n) is 9.34. The van der Waals surface area contributed by atoms with Gasteiger partial charge in [-0.15, -0.1) is 0 Å². The summed E-state index contributed by atoms with van der Waals surface area (Å²) in [6, 6.07) is 16.3. The second-order valence-corrected chi connectivity index (χ2v) is 12.2. The predicted molar refractivity (Wildman–Crippen MR) is 168 cm³/mol. The molecular formula is C34H39F3N6O. The largest absolute Gasteiger partial charge is 0.382 e. The molecule has 4 aromatic rings. The van der Waals surface area contributed by atoms with Gasteiger partial charge >= 0.3 is 0 Å². The van der Waals surface area contributed by atoms with Crippen molar-refractivity contribution in [3.05, 3.63) is 82.9 Å². The van der Waals surface area contributed by atoms with Crippen molar-refractivity contribution in [2.24, 2.45) is 0 Å². The molecule has 1 atom stereocenters. The minimum absolute atomic E-state index is 0.00252. The monoisotopic (exact) mass is 604 g/mol. The standard InChI is InChI=1S/C34H39F3N6O/c35-20-30(28-18-24(36)3-7-31(28)37)22-2-8-32-29(17-22)34(41-40-32)38-21-23-1-4-27(19-33(23)39-25-9-15-44-16-10-25)43-13-11-42(12-14-43)26-5-6-26/h1-4,7-8,17-19,25-26,30,39H,5-6,9-16,20-21H2,(H2,38,40,41). The number of nitrogens with zero attached hydrogens (tertiary/aromatic N) is 3. The van der Waals surface area contributed by atoms with Crippen LogP contribution in [0.5, 0.6) is 0 Å². The lowest BCUT2D eigenvalue weighted by Gasteiger charge is -2.36. The molecule has 1 aliphatic carbocycles. The van der Waals surface area contributed by atoms with Crippen molar-refractivity contribution in [2.45, 2.75) is 50.2 Å². The number of fused-ring (bicyclic) bond motifs is 1. The number of H-pyrrole nitrogens is 1. The van der Waals surface area contributed by atoms with Gasteiger partial charge in [0.2, 0.25) is 0 Å². The number of benzene rings is 3. The van der Waals surface area contributed by atoms with Crippen LogP contribution in [0.1, 0.15) is 48.3 Å². The van der Waals surface area contributed by atoms with Gasteiger partial charge in [0.1, 0.15) is 18.3 Å². The summed E-state index contributed by atoms with van der Waals surface area (Å²) < 4.78 is 48.3. The molecule has 7 rings (SSSR count). The van der Waals surface area contributed by atoms with Gasteiger partial charge in [-0.2, -0.15) is 5.10 Å². The lowest BCUT2D eigenvalue weighted by molar-refractivity contribution is 0.0904. The van der Waals surface area contributed by atoms with E-state index in [1.54, 1.807) is 18.2 Å². The van der Waals surface area contributed by atoms with E-state index in [1.165, 1.54) is 18.5 Å². The van der Waals surface area contributed by atoms with Crippen molar-refractivity contribution in [1.82, 2.24) is 15.1 Å². The molecule has 0 spiro atoms. The van der Waals surface area contributed by atoms with Crippen molar-refractivity contribution >= 4 is 28.1 Å². The lowest BCUT2D eigenvalue weighted by atomic mass is 9.91. The number of anilines is 3. The van der Waals surface area contributed by atoms with Gasteiger partial charge in [-0.3, -0.25) is 14.4 Å². The van der Waals surface area contributed by atoms with E-state index in [-0.39, 0.29) is 5.56 Å². The van der Waals surface area contributed by atoms with Crippen molar-refractivity contribution in [1.29, 1.82) is 0 Å². The number of hydrogen-bond acceptors (Lipinski definition) is 6. The fourth-order valence-electron chi connectivity index (χ4n) is 6.59. The Labute approximate surface area is 255 Å². The van der Waals surface area contributed by atoms with Gasteiger partial charge in [0, 0.05) is 86.3 Å². The van der Waals surface area contributed by atoms with E-state index in [0.29, 0.717) is 24.0 Å². The number of ether oxygens (including phenoxy) is 1. The first-order valence-electron chi connectivity index (χ1n) is 15.7. The van der Waals surface area contributed by atoms with Crippen LogP contribution in [0.2, 0.25) is 0 Å². The molecule has 3 aliphatic rings. The Morgan fingerprint density at radius 1 is 0.932 bits per heavy atom. The highest BCUT2D eigenvalue weighted by atomic mass is 19.1. The molecule has 3 aromatic carbocycles. The maximum Gasteiger partial charge on any atom is 0.156 e. The Morgan fingerprint density at radius 2 is 1.75 bits per heavy atom. The van der Waals surface area contributed by atoms with Crippen molar-refractivity contribution < 1.29 is 17.9 Å². The summed E-state index contributed by atoms with van der Waals surface area (Å²) in [5, 5.41) is 15.6. The van der Waals surface area contributed by atoms with Crippen molar-refractivity contribution in [3.63, 3.8) is 0 Å². The molecule has 0 radical (unpaired) electrons. The predicted octanol–water partition coefficient (Wildman–Crippen LogP) is 6.43. The van der Waals surface area contributed by atoms with Gasteiger partial charge in [0.25, 0.3) is 0 Å². The molecule has 44 heavy (non-hydrogen) atoms. The highest BCUT2D eigenvalue weighted by Gasteiger charge is 2.31. The number of aromatic nitrogens is 2.